The van der Waals surface area contributed by atoms with Gasteiger partial charge in [-0.3, -0.25) is 14.9 Å². The number of anilines is 2. The summed E-state index contributed by atoms with van der Waals surface area (Å²) in [6.07, 6.45) is 3.68. The van der Waals surface area contributed by atoms with E-state index in [1.807, 2.05) is 32.2 Å². The topological polar surface area (TPSA) is 88.2 Å². The van der Waals surface area contributed by atoms with E-state index in [1.165, 1.54) is 26.4 Å². The fraction of sp³-hybridized carbons (Fsp3) is 0.269. The minimum absolute atomic E-state index is 0.130. The first-order chi connectivity index (χ1) is 16.1. The summed E-state index contributed by atoms with van der Waals surface area (Å²) in [7, 11) is 4.96. The maximum Gasteiger partial charge on any atom is 0.336 e. The van der Waals surface area contributed by atoms with Crippen molar-refractivity contribution >= 4 is 40.9 Å². The Morgan fingerprint density at radius 2 is 1.68 bits per heavy atom. The molecule has 0 saturated carbocycles. The number of hydrogen-bond donors (Lipinski definition) is 1. The van der Waals surface area contributed by atoms with Gasteiger partial charge in [-0.2, -0.15) is 0 Å². The van der Waals surface area contributed by atoms with E-state index < -0.39 is 17.8 Å². The number of carbonyl (C=O) groups excluding carboxylic acids is 3. The van der Waals surface area contributed by atoms with Crippen LogP contribution in [-0.2, 0) is 9.59 Å². The van der Waals surface area contributed by atoms with Gasteiger partial charge in [0, 0.05) is 24.4 Å². The number of urea groups is 1. The molecule has 2 heterocycles. The van der Waals surface area contributed by atoms with Crippen molar-refractivity contribution in [3.05, 3.63) is 59.2 Å². The Morgan fingerprint density at radius 1 is 0.971 bits per heavy atom. The fourth-order valence-electron chi connectivity index (χ4n) is 4.28. The Hall–Kier alpha value is -4.07. The molecule has 0 spiro atoms. The molecular formula is C26H27N3O5. The lowest BCUT2D eigenvalue weighted by molar-refractivity contribution is -0.122. The van der Waals surface area contributed by atoms with E-state index in [4.69, 9.17) is 9.47 Å². The predicted octanol–water partition coefficient (Wildman–Crippen LogP) is 4.00. The molecule has 2 aromatic rings. The number of likely N-dealkylation sites (N-methyl/N-ethyl adjacent to an activating group) is 1. The minimum Gasteiger partial charge on any atom is -0.497 e. The van der Waals surface area contributed by atoms with Gasteiger partial charge in [0.05, 0.1) is 25.4 Å². The second-order valence-electron chi connectivity index (χ2n) is 8.81. The SMILES string of the molecule is COc1ccc(N2C(=O)NC(=O)/C(=C/c3ccc4c(c3)C(C)=CC(C)(C)N4C)C2=O)c(OC)c1. The number of allylic oxidation sites excluding steroid dienone is 1. The van der Waals surface area contributed by atoms with Crippen LogP contribution in [0.2, 0.25) is 0 Å². The van der Waals surface area contributed by atoms with Gasteiger partial charge in [-0.25, -0.2) is 9.69 Å². The number of fused-ring (bicyclic) bond motifs is 1. The molecule has 0 unspecified atom stereocenters. The highest BCUT2D eigenvalue weighted by Crippen LogP contribution is 2.39. The molecule has 34 heavy (non-hydrogen) atoms. The standard InChI is InChI=1S/C26H27N3O5/c1-15-14-26(2,3)28(4)20-9-7-16(11-18(15)20)12-19-23(30)27-25(32)29(24(19)31)21-10-8-17(33-5)13-22(21)34-6/h7-14H,1-6H3,(H,27,30,32)/b19-12-. The molecule has 8 heteroatoms. The number of hydrogen-bond acceptors (Lipinski definition) is 6. The maximum absolute atomic E-state index is 13.3. The lowest BCUT2D eigenvalue weighted by atomic mass is 9.88. The number of rotatable bonds is 4. The molecular weight excluding hydrogens is 434 g/mol. The summed E-state index contributed by atoms with van der Waals surface area (Å²) in [5.41, 5.74) is 3.79. The van der Waals surface area contributed by atoms with Gasteiger partial charge in [-0.05, 0) is 62.2 Å². The lowest BCUT2D eigenvalue weighted by Crippen LogP contribution is -2.54. The predicted molar refractivity (Wildman–Crippen MR) is 131 cm³/mol. The zero-order valence-corrected chi connectivity index (χ0v) is 20.1. The quantitative estimate of drug-likeness (QED) is 0.547. The zero-order valence-electron chi connectivity index (χ0n) is 20.1. The summed E-state index contributed by atoms with van der Waals surface area (Å²) >= 11 is 0. The Morgan fingerprint density at radius 3 is 2.35 bits per heavy atom. The Labute approximate surface area is 198 Å². The smallest absolute Gasteiger partial charge is 0.336 e. The van der Waals surface area contributed by atoms with E-state index >= 15 is 0 Å². The summed E-state index contributed by atoms with van der Waals surface area (Å²) in [6.45, 7) is 6.32. The molecule has 0 radical (unpaired) electrons. The summed E-state index contributed by atoms with van der Waals surface area (Å²) < 4.78 is 10.5. The van der Waals surface area contributed by atoms with Gasteiger partial charge in [0.25, 0.3) is 11.8 Å². The molecule has 1 fully saturated rings. The maximum atomic E-state index is 13.3. The van der Waals surface area contributed by atoms with E-state index in [0.29, 0.717) is 11.3 Å². The molecule has 0 bridgehead atoms. The van der Waals surface area contributed by atoms with Crippen LogP contribution in [0.4, 0.5) is 16.2 Å². The molecule has 4 amide bonds. The average molecular weight is 462 g/mol. The molecule has 4 rings (SSSR count). The van der Waals surface area contributed by atoms with Gasteiger partial charge in [0.15, 0.2) is 0 Å². The van der Waals surface area contributed by atoms with Crippen LogP contribution in [0.15, 0.2) is 48.0 Å². The third-order valence-corrected chi connectivity index (χ3v) is 6.28. The van der Waals surface area contributed by atoms with Gasteiger partial charge in [0.1, 0.15) is 17.1 Å². The third kappa shape index (κ3) is 3.81. The summed E-state index contributed by atoms with van der Waals surface area (Å²) in [4.78, 5) is 41.6. The van der Waals surface area contributed by atoms with E-state index in [0.717, 1.165) is 21.7 Å². The van der Waals surface area contributed by atoms with Crippen LogP contribution in [0.25, 0.3) is 11.6 Å². The summed E-state index contributed by atoms with van der Waals surface area (Å²) in [5.74, 6) is -0.720. The number of ether oxygens (including phenoxy) is 2. The first-order valence-corrected chi connectivity index (χ1v) is 10.8. The first kappa shape index (κ1) is 23.1. The van der Waals surface area contributed by atoms with Crippen molar-refractivity contribution in [3.8, 4) is 11.5 Å². The molecule has 1 saturated heterocycles. The second kappa shape index (κ2) is 8.37. The number of methoxy groups -OCH3 is 2. The van der Waals surface area contributed by atoms with Crippen molar-refractivity contribution in [2.24, 2.45) is 0 Å². The van der Waals surface area contributed by atoms with Crippen molar-refractivity contribution in [2.45, 2.75) is 26.3 Å². The number of imide groups is 2. The van der Waals surface area contributed by atoms with Crippen LogP contribution in [0, 0.1) is 0 Å². The van der Waals surface area contributed by atoms with Gasteiger partial charge in [-0.15, -0.1) is 0 Å². The summed E-state index contributed by atoms with van der Waals surface area (Å²) in [5, 5.41) is 2.25. The van der Waals surface area contributed by atoms with Crippen LogP contribution in [-0.4, -0.2) is 44.7 Å². The van der Waals surface area contributed by atoms with Crippen molar-refractivity contribution < 1.29 is 23.9 Å². The van der Waals surface area contributed by atoms with Crippen molar-refractivity contribution in [1.29, 1.82) is 0 Å². The van der Waals surface area contributed by atoms with E-state index in [-0.39, 0.29) is 22.5 Å². The van der Waals surface area contributed by atoms with Gasteiger partial charge < -0.3 is 14.4 Å². The monoisotopic (exact) mass is 461 g/mol. The third-order valence-electron chi connectivity index (χ3n) is 6.28. The summed E-state index contributed by atoms with van der Waals surface area (Å²) in [6, 6.07) is 9.62. The molecule has 176 valence electrons. The number of benzene rings is 2. The van der Waals surface area contributed by atoms with Crippen molar-refractivity contribution in [1.82, 2.24) is 5.32 Å². The highest BCUT2D eigenvalue weighted by Gasteiger charge is 2.38. The first-order valence-electron chi connectivity index (χ1n) is 10.8. The molecule has 2 aliphatic heterocycles. The van der Waals surface area contributed by atoms with Gasteiger partial charge in [0.2, 0.25) is 0 Å². The van der Waals surface area contributed by atoms with Crippen LogP contribution >= 0.6 is 0 Å². The van der Waals surface area contributed by atoms with E-state index in [9.17, 15) is 14.4 Å². The number of barbiturate groups is 1. The van der Waals surface area contributed by atoms with Crippen LogP contribution in [0.5, 0.6) is 11.5 Å². The normalized spacial score (nSPS) is 18.5. The van der Waals surface area contributed by atoms with Gasteiger partial charge >= 0.3 is 6.03 Å². The average Bonchev–Trinajstić information content (AvgIpc) is 2.80. The van der Waals surface area contributed by atoms with Gasteiger partial charge in [-0.1, -0.05) is 12.1 Å². The Kier molecular flexibility index (Phi) is 5.69. The largest absolute Gasteiger partial charge is 0.497 e. The Bertz CT molecular complexity index is 1280. The fourth-order valence-corrected chi connectivity index (χ4v) is 4.28. The highest BCUT2D eigenvalue weighted by atomic mass is 16.5. The number of nitrogens with zero attached hydrogens (tertiary/aromatic N) is 2. The highest BCUT2D eigenvalue weighted by molar-refractivity contribution is 6.39. The van der Waals surface area contributed by atoms with Crippen LogP contribution in [0.3, 0.4) is 0 Å². The molecule has 1 N–H and O–H groups in total. The molecule has 0 aromatic heterocycles. The van der Waals surface area contributed by atoms with Crippen LogP contribution in [0.1, 0.15) is 31.9 Å². The number of nitrogens with one attached hydrogen (secondary N) is 1. The number of amides is 4. The molecule has 0 atom stereocenters. The van der Waals surface area contributed by atoms with E-state index in [2.05, 4.69) is 30.1 Å². The van der Waals surface area contributed by atoms with Crippen molar-refractivity contribution in [3.63, 3.8) is 0 Å². The van der Waals surface area contributed by atoms with Crippen molar-refractivity contribution in [2.75, 3.05) is 31.1 Å². The van der Waals surface area contributed by atoms with E-state index in [1.54, 1.807) is 12.1 Å². The lowest BCUT2D eigenvalue weighted by Gasteiger charge is -2.40. The molecule has 0 aliphatic carbocycles. The molecule has 2 aliphatic rings. The van der Waals surface area contributed by atoms with Crippen LogP contribution < -0.4 is 24.6 Å². The molecule has 8 nitrogen and oxygen atoms in total. The number of carbonyl (C=O) groups is 3. The minimum atomic E-state index is -0.844. The Balaban J connectivity index is 1.75. The second-order valence-corrected chi connectivity index (χ2v) is 8.81. The molecule has 2 aromatic carbocycles. The zero-order chi connectivity index (χ0) is 24.8.